The van der Waals surface area contributed by atoms with Gasteiger partial charge in [0, 0.05) is 25.9 Å². The zero-order valence-electron chi connectivity index (χ0n) is 12.4. The molecule has 0 radical (unpaired) electrons. The lowest BCUT2D eigenvalue weighted by Crippen LogP contribution is -2.06. The zero-order chi connectivity index (χ0) is 15.4. The first kappa shape index (κ1) is 14.8. The lowest BCUT2D eigenvalue weighted by Gasteiger charge is -2.09. The van der Waals surface area contributed by atoms with Gasteiger partial charge in [-0.1, -0.05) is 42.1 Å². The van der Waals surface area contributed by atoms with Crippen LogP contribution in [-0.2, 0) is 13.6 Å². The van der Waals surface area contributed by atoms with Gasteiger partial charge in [-0.15, -0.1) is 0 Å². The van der Waals surface area contributed by atoms with Gasteiger partial charge < -0.3 is 11.1 Å². The Morgan fingerprint density at radius 2 is 2.05 bits per heavy atom. The minimum atomic E-state index is 0.601. The standard InChI is InChI=1S/C15H18N6S/c1-21-14-12(10-18-21)13(19-15(20-14)22-8-7-16)17-9-11-5-3-2-4-6-11/h2-6,10H,7-9,16H2,1H3,(H,17,19,20). The largest absolute Gasteiger partial charge is 0.365 e. The number of aryl methyl sites for hydroxylation is 1. The molecule has 0 amide bonds. The summed E-state index contributed by atoms with van der Waals surface area (Å²) >= 11 is 1.55. The first-order valence-electron chi connectivity index (χ1n) is 7.08. The van der Waals surface area contributed by atoms with Crippen molar-refractivity contribution in [3.63, 3.8) is 0 Å². The molecule has 114 valence electrons. The maximum Gasteiger partial charge on any atom is 0.191 e. The molecular formula is C15H18N6S. The number of fused-ring (bicyclic) bond motifs is 1. The van der Waals surface area contributed by atoms with Gasteiger partial charge in [0.15, 0.2) is 10.8 Å². The molecule has 0 fully saturated rings. The van der Waals surface area contributed by atoms with Gasteiger partial charge in [-0.3, -0.25) is 4.68 Å². The molecule has 0 aliphatic carbocycles. The molecule has 1 aromatic carbocycles. The van der Waals surface area contributed by atoms with Crippen LogP contribution in [0.3, 0.4) is 0 Å². The number of rotatable bonds is 6. The van der Waals surface area contributed by atoms with Gasteiger partial charge in [0.2, 0.25) is 0 Å². The monoisotopic (exact) mass is 314 g/mol. The first-order chi connectivity index (χ1) is 10.8. The number of nitrogens with zero attached hydrogens (tertiary/aromatic N) is 4. The number of anilines is 1. The lowest BCUT2D eigenvalue weighted by molar-refractivity contribution is 0.777. The van der Waals surface area contributed by atoms with Crippen molar-refractivity contribution < 1.29 is 0 Å². The van der Waals surface area contributed by atoms with E-state index >= 15 is 0 Å². The molecular weight excluding hydrogens is 296 g/mol. The van der Waals surface area contributed by atoms with Crippen molar-refractivity contribution in [3.05, 3.63) is 42.1 Å². The fourth-order valence-corrected chi connectivity index (χ4v) is 2.74. The maximum absolute atomic E-state index is 5.56. The summed E-state index contributed by atoms with van der Waals surface area (Å²) in [6.07, 6.45) is 1.79. The molecule has 0 unspecified atom stereocenters. The Morgan fingerprint density at radius 3 is 2.82 bits per heavy atom. The van der Waals surface area contributed by atoms with Crippen LogP contribution in [0.1, 0.15) is 5.56 Å². The summed E-state index contributed by atoms with van der Waals surface area (Å²) in [5.41, 5.74) is 7.59. The molecule has 6 nitrogen and oxygen atoms in total. The second-order valence-electron chi connectivity index (χ2n) is 4.84. The van der Waals surface area contributed by atoms with E-state index in [0.29, 0.717) is 13.1 Å². The molecule has 3 rings (SSSR count). The van der Waals surface area contributed by atoms with Crippen molar-refractivity contribution in [3.8, 4) is 0 Å². The molecule has 7 heteroatoms. The van der Waals surface area contributed by atoms with E-state index in [1.165, 1.54) is 5.56 Å². The van der Waals surface area contributed by atoms with Crippen LogP contribution in [-0.4, -0.2) is 32.0 Å². The average molecular weight is 314 g/mol. The maximum atomic E-state index is 5.56. The number of hydrogen-bond acceptors (Lipinski definition) is 6. The third-order valence-corrected chi connectivity index (χ3v) is 4.10. The van der Waals surface area contributed by atoms with Crippen LogP contribution < -0.4 is 11.1 Å². The van der Waals surface area contributed by atoms with Gasteiger partial charge in [-0.05, 0) is 5.56 Å². The molecule has 0 spiro atoms. The summed E-state index contributed by atoms with van der Waals surface area (Å²) in [4.78, 5) is 9.14. The van der Waals surface area contributed by atoms with E-state index < -0.39 is 0 Å². The van der Waals surface area contributed by atoms with Gasteiger partial charge in [-0.25, -0.2) is 9.97 Å². The highest BCUT2D eigenvalue weighted by Gasteiger charge is 2.11. The van der Waals surface area contributed by atoms with Crippen LogP contribution in [0.5, 0.6) is 0 Å². The summed E-state index contributed by atoms with van der Waals surface area (Å²) in [5, 5.41) is 9.30. The summed E-state index contributed by atoms with van der Waals surface area (Å²) in [6, 6.07) is 10.2. The van der Waals surface area contributed by atoms with E-state index in [2.05, 4.69) is 32.5 Å². The lowest BCUT2D eigenvalue weighted by atomic mass is 10.2. The van der Waals surface area contributed by atoms with E-state index in [1.807, 2.05) is 25.2 Å². The van der Waals surface area contributed by atoms with Gasteiger partial charge in [0.25, 0.3) is 0 Å². The number of nitrogens with one attached hydrogen (secondary N) is 1. The Bertz CT molecular complexity index is 755. The van der Waals surface area contributed by atoms with Crippen molar-refractivity contribution in [1.29, 1.82) is 0 Å². The predicted molar refractivity (Wildman–Crippen MR) is 89.9 cm³/mol. The highest BCUT2D eigenvalue weighted by atomic mass is 32.2. The first-order valence-corrected chi connectivity index (χ1v) is 8.07. The molecule has 2 heterocycles. The quantitative estimate of drug-likeness (QED) is 0.535. The number of benzene rings is 1. The molecule has 0 atom stereocenters. The third-order valence-electron chi connectivity index (χ3n) is 3.22. The Balaban J connectivity index is 1.89. The summed E-state index contributed by atoms with van der Waals surface area (Å²) in [7, 11) is 1.88. The number of nitrogens with two attached hydrogens (primary N) is 1. The fourth-order valence-electron chi connectivity index (χ4n) is 2.13. The highest BCUT2D eigenvalue weighted by Crippen LogP contribution is 2.24. The molecule has 0 bridgehead atoms. The van der Waals surface area contributed by atoms with Crippen molar-refractivity contribution in [1.82, 2.24) is 19.7 Å². The van der Waals surface area contributed by atoms with E-state index in [4.69, 9.17) is 5.73 Å². The predicted octanol–water partition coefficient (Wildman–Crippen LogP) is 2.03. The molecule has 22 heavy (non-hydrogen) atoms. The van der Waals surface area contributed by atoms with Crippen LogP contribution in [0.15, 0.2) is 41.7 Å². The Morgan fingerprint density at radius 1 is 1.23 bits per heavy atom. The van der Waals surface area contributed by atoms with Crippen molar-refractivity contribution in [2.75, 3.05) is 17.6 Å². The van der Waals surface area contributed by atoms with Crippen molar-refractivity contribution >= 4 is 28.6 Å². The van der Waals surface area contributed by atoms with Crippen LogP contribution >= 0.6 is 11.8 Å². The molecule has 3 N–H and O–H groups in total. The van der Waals surface area contributed by atoms with Crippen LogP contribution in [0.2, 0.25) is 0 Å². The second-order valence-corrected chi connectivity index (χ2v) is 5.90. The smallest absolute Gasteiger partial charge is 0.191 e. The average Bonchev–Trinajstić information content (AvgIpc) is 2.93. The minimum absolute atomic E-state index is 0.601. The van der Waals surface area contributed by atoms with Gasteiger partial charge in [-0.2, -0.15) is 5.10 Å². The van der Waals surface area contributed by atoms with Crippen molar-refractivity contribution in [2.45, 2.75) is 11.7 Å². The molecule has 0 saturated heterocycles. The van der Waals surface area contributed by atoms with E-state index in [0.717, 1.165) is 27.8 Å². The molecule has 0 aliphatic rings. The third kappa shape index (κ3) is 3.20. The number of aromatic nitrogens is 4. The van der Waals surface area contributed by atoms with Gasteiger partial charge in [0.05, 0.1) is 11.6 Å². The van der Waals surface area contributed by atoms with Gasteiger partial charge >= 0.3 is 0 Å². The number of thioether (sulfide) groups is 1. The summed E-state index contributed by atoms with van der Waals surface area (Å²) in [5.74, 6) is 1.60. The Kier molecular flexibility index (Phi) is 4.55. The SMILES string of the molecule is Cn1ncc2c(NCc3ccccc3)nc(SCCN)nc21. The van der Waals surface area contributed by atoms with Crippen molar-refractivity contribution in [2.24, 2.45) is 12.8 Å². The van der Waals surface area contributed by atoms with Crippen LogP contribution in [0.4, 0.5) is 5.82 Å². The van der Waals surface area contributed by atoms with Gasteiger partial charge in [0.1, 0.15) is 5.82 Å². The van der Waals surface area contributed by atoms with E-state index in [1.54, 1.807) is 22.6 Å². The minimum Gasteiger partial charge on any atom is -0.365 e. The van der Waals surface area contributed by atoms with Crippen LogP contribution in [0, 0.1) is 0 Å². The normalized spacial score (nSPS) is 11.0. The Hall–Kier alpha value is -2.12. The highest BCUT2D eigenvalue weighted by molar-refractivity contribution is 7.99. The molecule has 3 aromatic rings. The Labute approximate surface area is 133 Å². The number of hydrogen-bond donors (Lipinski definition) is 2. The molecule has 0 saturated carbocycles. The summed E-state index contributed by atoms with van der Waals surface area (Å²) in [6.45, 7) is 1.31. The topological polar surface area (TPSA) is 81.7 Å². The zero-order valence-corrected chi connectivity index (χ0v) is 13.2. The van der Waals surface area contributed by atoms with Crippen LogP contribution in [0.25, 0.3) is 11.0 Å². The summed E-state index contributed by atoms with van der Waals surface area (Å²) < 4.78 is 1.76. The van der Waals surface area contributed by atoms with E-state index in [9.17, 15) is 0 Å². The molecule has 2 aromatic heterocycles. The molecule has 0 aliphatic heterocycles. The van der Waals surface area contributed by atoms with E-state index in [-0.39, 0.29) is 0 Å². The second kappa shape index (κ2) is 6.76. The fraction of sp³-hybridized carbons (Fsp3) is 0.267.